The Balaban J connectivity index is 2.27. The molecule has 2 aromatic carbocycles. The molecule has 106 valence electrons. The van der Waals surface area contributed by atoms with Gasteiger partial charge in [-0.05, 0) is 25.1 Å². The SMILES string of the molecule is Cc1ccc(F)c(-c2onc(N)c2-c2ccccc2Cl)c1. The van der Waals surface area contributed by atoms with Crippen LogP contribution in [0.4, 0.5) is 10.2 Å². The van der Waals surface area contributed by atoms with Gasteiger partial charge < -0.3 is 10.3 Å². The quantitative estimate of drug-likeness (QED) is 0.747. The maximum absolute atomic E-state index is 14.1. The molecule has 0 amide bonds. The van der Waals surface area contributed by atoms with Gasteiger partial charge in [0.2, 0.25) is 0 Å². The zero-order valence-corrected chi connectivity index (χ0v) is 12.0. The highest BCUT2D eigenvalue weighted by Gasteiger charge is 2.21. The van der Waals surface area contributed by atoms with Gasteiger partial charge in [-0.2, -0.15) is 0 Å². The summed E-state index contributed by atoms with van der Waals surface area (Å²) >= 11 is 6.20. The van der Waals surface area contributed by atoms with Gasteiger partial charge in [-0.15, -0.1) is 0 Å². The third kappa shape index (κ3) is 2.38. The molecule has 3 nitrogen and oxygen atoms in total. The number of aromatic nitrogens is 1. The third-order valence-electron chi connectivity index (χ3n) is 3.23. The van der Waals surface area contributed by atoms with Crippen LogP contribution in [0.15, 0.2) is 47.0 Å². The van der Waals surface area contributed by atoms with Crippen molar-refractivity contribution in [3.8, 4) is 22.5 Å². The van der Waals surface area contributed by atoms with E-state index in [1.165, 1.54) is 6.07 Å². The molecule has 0 spiro atoms. The summed E-state index contributed by atoms with van der Waals surface area (Å²) in [7, 11) is 0. The molecule has 2 N–H and O–H groups in total. The lowest BCUT2D eigenvalue weighted by atomic mass is 10.00. The van der Waals surface area contributed by atoms with Crippen molar-refractivity contribution in [1.82, 2.24) is 5.16 Å². The molecule has 21 heavy (non-hydrogen) atoms. The minimum Gasteiger partial charge on any atom is -0.380 e. The van der Waals surface area contributed by atoms with Crippen LogP contribution < -0.4 is 5.73 Å². The van der Waals surface area contributed by atoms with Gasteiger partial charge in [0, 0.05) is 10.6 Å². The number of nitrogens with two attached hydrogens (primary N) is 1. The molecule has 0 aliphatic rings. The topological polar surface area (TPSA) is 52.0 Å². The predicted molar refractivity (Wildman–Crippen MR) is 81.5 cm³/mol. The van der Waals surface area contributed by atoms with Crippen LogP contribution in [0.5, 0.6) is 0 Å². The van der Waals surface area contributed by atoms with Gasteiger partial charge in [0.25, 0.3) is 0 Å². The van der Waals surface area contributed by atoms with Crippen LogP contribution in [-0.4, -0.2) is 5.16 Å². The Labute approximate surface area is 126 Å². The lowest BCUT2D eigenvalue weighted by Crippen LogP contribution is -1.91. The fraction of sp³-hybridized carbons (Fsp3) is 0.0625. The second-order valence-corrected chi connectivity index (χ2v) is 5.14. The Hall–Kier alpha value is -2.33. The smallest absolute Gasteiger partial charge is 0.179 e. The summed E-state index contributed by atoms with van der Waals surface area (Å²) in [5, 5.41) is 4.26. The van der Waals surface area contributed by atoms with Crippen molar-refractivity contribution in [3.63, 3.8) is 0 Å². The zero-order valence-electron chi connectivity index (χ0n) is 11.2. The molecule has 0 aliphatic heterocycles. The highest BCUT2D eigenvalue weighted by Crippen LogP contribution is 2.40. The van der Waals surface area contributed by atoms with Crippen molar-refractivity contribution in [2.75, 3.05) is 5.73 Å². The van der Waals surface area contributed by atoms with Gasteiger partial charge in [0.05, 0.1) is 11.1 Å². The van der Waals surface area contributed by atoms with Crippen LogP contribution in [-0.2, 0) is 0 Å². The molecule has 1 aromatic heterocycles. The summed E-state index contributed by atoms with van der Waals surface area (Å²) in [5.41, 5.74) is 8.27. The average molecular weight is 303 g/mol. The molecule has 3 aromatic rings. The number of benzene rings is 2. The first kappa shape index (κ1) is 13.6. The molecule has 5 heteroatoms. The second kappa shape index (κ2) is 5.22. The van der Waals surface area contributed by atoms with E-state index in [2.05, 4.69) is 5.16 Å². The minimum absolute atomic E-state index is 0.180. The fourth-order valence-electron chi connectivity index (χ4n) is 2.22. The standard InChI is InChI=1S/C16H12ClFN2O/c1-9-6-7-13(18)11(8-9)15-14(16(19)20-21-15)10-4-2-3-5-12(10)17/h2-8H,1H3,(H2,19,20). The Morgan fingerprint density at radius 1 is 1.14 bits per heavy atom. The highest BCUT2D eigenvalue weighted by atomic mass is 35.5. The highest BCUT2D eigenvalue weighted by molar-refractivity contribution is 6.33. The summed E-state index contributed by atoms with van der Waals surface area (Å²) in [4.78, 5) is 0. The van der Waals surface area contributed by atoms with Crippen LogP contribution in [0.2, 0.25) is 5.02 Å². The van der Waals surface area contributed by atoms with Crippen LogP contribution in [0.3, 0.4) is 0 Å². The summed E-state index contributed by atoms with van der Waals surface area (Å²) in [6, 6.07) is 11.9. The van der Waals surface area contributed by atoms with Gasteiger partial charge in [0.15, 0.2) is 11.6 Å². The van der Waals surface area contributed by atoms with E-state index >= 15 is 0 Å². The molecule has 3 rings (SSSR count). The molecule has 0 aliphatic carbocycles. The zero-order chi connectivity index (χ0) is 15.0. The number of nitrogens with zero attached hydrogens (tertiary/aromatic N) is 1. The van der Waals surface area contributed by atoms with E-state index in [4.69, 9.17) is 21.9 Å². The lowest BCUT2D eigenvalue weighted by molar-refractivity contribution is 0.433. The Kier molecular flexibility index (Phi) is 3.39. The van der Waals surface area contributed by atoms with Crippen LogP contribution in [0, 0.1) is 12.7 Å². The van der Waals surface area contributed by atoms with Crippen LogP contribution in [0.1, 0.15) is 5.56 Å². The van der Waals surface area contributed by atoms with E-state index in [9.17, 15) is 4.39 Å². The largest absolute Gasteiger partial charge is 0.380 e. The number of hydrogen-bond donors (Lipinski definition) is 1. The average Bonchev–Trinajstić information content (AvgIpc) is 2.84. The molecular formula is C16H12ClFN2O. The molecular weight excluding hydrogens is 291 g/mol. The summed E-state index contributed by atoms with van der Waals surface area (Å²) in [5.74, 6) is 0.0610. The Morgan fingerprint density at radius 2 is 1.90 bits per heavy atom. The van der Waals surface area contributed by atoms with Gasteiger partial charge in [0.1, 0.15) is 5.82 Å². The minimum atomic E-state index is -0.398. The molecule has 1 heterocycles. The lowest BCUT2D eigenvalue weighted by Gasteiger charge is -2.06. The van der Waals surface area contributed by atoms with Crippen molar-refractivity contribution >= 4 is 17.4 Å². The Morgan fingerprint density at radius 3 is 2.67 bits per heavy atom. The summed E-state index contributed by atoms with van der Waals surface area (Å²) < 4.78 is 19.4. The molecule has 0 saturated carbocycles. The first-order valence-electron chi connectivity index (χ1n) is 6.34. The first-order chi connectivity index (χ1) is 10.1. The predicted octanol–water partition coefficient (Wildman–Crippen LogP) is 4.69. The van der Waals surface area contributed by atoms with Crippen molar-refractivity contribution in [3.05, 3.63) is 58.9 Å². The van der Waals surface area contributed by atoms with E-state index in [0.717, 1.165) is 5.56 Å². The van der Waals surface area contributed by atoms with Crippen LogP contribution in [0.25, 0.3) is 22.5 Å². The molecule has 0 bridgehead atoms. The van der Waals surface area contributed by atoms with Gasteiger partial charge >= 0.3 is 0 Å². The van der Waals surface area contributed by atoms with Gasteiger partial charge in [-0.3, -0.25) is 0 Å². The number of nitrogen functional groups attached to an aromatic ring is 1. The van der Waals surface area contributed by atoms with E-state index in [-0.39, 0.29) is 11.6 Å². The molecule has 0 unspecified atom stereocenters. The van der Waals surface area contributed by atoms with Gasteiger partial charge in [-0.25, -0.2) is 4.39 Å². The molecule has 0 fully saturated rings. The van der Waals surface area contributed by atoms with E-state index in [1.54, 1.807) is 24.3 Å². The Bertz CT molecular complexity index is 814. The van der Waals surface area contributed by atoms with Crippen LogP contribution >= 0.6 is 11.6 Å². The second-order valence-electron chi connectivity index (χ2n) is 4.74. The number of aryl methyl sites for hydroxylation is 1. The van der Waals surface area contributed by atoms with Crippen molar-refractivity contribution < 1.29 is 8.91 Å². The number of rotatable bonds is 2. The van der Waals surface area contributed by atoms with Crippen molar-refractivity contribution in [1.29, 1.82) is 0 Å². The normalized spacial score (nSPS) is 10.8. The van der Waals surface area contributed by atoms with Crippen molar-refractivity contribution in [2.45, 2.75) is 6.92 Å². The number of anilines is 1. The summed E-state index contributed by atoms with van der Waals surface area (Å²) in [6.45, 7) is 1.87. The molecule has 0 atom stereocenters. The fourth-order valence-corrected chi connectivity index (χ4v) is 2.45. The maximum atomic E-state index is 14.1. The monoisotopic (exact) mass is 302 g/mol. The van der Waals surface area contributed by atoms with Gasteiger partial charge in [-0.1, -0.05) is 46.6 Å². The summed E-state index contributed by atoms with van der Waals surface area (Å²) in [6.07, 6.45) is 0. The maximum Gasteiger partial charge on any atom is 0.179 e. The van der Waals surface area contributed by atoms with E-state index in [1.807, 2.05) is 19.1 Å². The third-order valence-corrected chi connectivity index (χ3v) is 3.56. The van der Waals surface area contributed by atoms with Crippen molar-refractivity contribution in [2.24, 2.45) is 0 Å². The van der Waals surface area contributed by atoms with E-state index < -0.39 is 5.82 Å². The van der Waals surface area contributed by atoms with E-state index in [0.29, 0.717) is 21.7 Å². The molecule has 0 saturated heterocycles. The number of hydrogen-bond acceptors (Lipinski definition) is 3. The molecule has 0 radical (unpaired) electrons. The first-order valence-corrected chi connectivity index (χ1v) is 6.72. The number of halogens is 2.